The van der Waals surface area contributed by atoms with Crippen LogP contribution in [0, 0.1) is 0 Å². The van der Waals surface area contributed by atoms with Crippen LogP contribution in [-0.4, -0.2) is 50.6 Å². The van der Waals surface area contributed by atoms with Gasteiger partial charge >= 0.3 is 0 Å². The van der Waals surface area contributed by atoms with Gasteiger partial charge in [0.1, 0.15) is 6.61 Å². The lowest BCUT2D eigenvalue weighted by molar-refractivity contribution is 0.250. The van der Waals surface area contributed by atoms with Crippen LogP contribution in [0.5, 0.6) is 11.5 Å². The minimum Gasteiger partial charge on any atom is -0.493 e. The summed E-state index contributed by atoms with van der Waals surface area (Å²) in [6.45, 7) is 1.35. The van der Waals surface area contributed by atoms with Gasteiger partial charge in [-0.25, -0.2) is 0 Å². The number of hydrogen-bond donors (Lipinski definition) is 1. The van der Waals surface area contributed by atoms with Crippen LogP contribution >= 0.6 is 11.8 Å². The van der Waals surface area contributed by atoms with E-state index in [1.165, 1.54) is 17.3 Å². The lowest BCUT2D eigenvalue weighted by Crippen LogP contribution is -2.20. The van der Waals surface area contributed by atoms with Crippen LogP contribution < -0.4 is 15.2 Å². The molecule has 6 nitrogen and oxygen atoms in total. The molecule has 0 bridgehead atoms. The van der Waals surface area contributed by atoms with Crippen molar-refractivity contribution in [1.82, 2.24) is 4.90 Å². The highest BCUT2D eigenvalue weighted by Crippen LogP contribution is 2.30. The van der Waals surface area contributed by atoms with E-state index >= 15 is 0 Å². The Hall–Kier alpha value is -2.51. The molecular weight excluding hydrogens is 360 g/mol. The summed E-state index contributed by atoms with van der Waals surface area (Å²) in [4.78, 5) is 2.05. The number of ether oxygens (including phenoxy) is 2. The Morgan fingerprint density at radius 1 is 1.15 bits per heavy atom. The fraction of sp³-hybridized carbons (Fsp3) is 0.300. The van der Waals surface area contributed by atoms with E-state index in [4.69, 9.17) is 15.2 Å². The average molecular weight is 387 g/mol. The molecule has 0 spiro atoms. The Labute approximate surface area is 165 Å². The largest absolute Gasteiger partial charge is 0.493 e. The maximum absolute atomic E-state index is 5.93. The number of amidine groups is 1. The van der Waals surface area contributed by atoms with Crippen molar-refractivity contribution < 1.29 is 9.47 Å². The number of methoxy groups -OCH3 is 1. The topological polar surface area (TPSA) is 72.4 Å². The van der Waals surface area contributed by atoms with Gasteiger partial charge in [-0.15, -0.1) is 5.10 Å². The maximum atomic E-state index is 5.93. The number of nitrogens with two attached hydrogens (primary N) is 1. The van der Waals surface area contributed by atoms with Crippen molar-refractivity contribution >= 4 is 23.1 Å². The molecule has 0 saturated heterocycles. The number of benzene rings is 2. The first-order valence-electron chi connectivity index (χ1n) is 8.58. The van der Waals surface area contributed by atoms with Gasteiger partial charge in [-0.3, -0.25) is 0 Å². The predicted molar refractivity (Wildman–Crippen MR) is 114 cm³/mol. The van der Waals surface area contributed by atoms with Gasteiger partial charge < -0.3 is 20.1 Å². The lowest BCUT2D eigenvalue weighted by atomic mass is 10.2. The van der Waals surface area contributed by atoms with Gasteiger partial charge in [-0.05, 0) is 31.8 Å². The van der Waals surface area contributed by atoms with E-state index < -0.39 is 0 Å². The molecule has 144 valence electrons. The van der Waals surface area contributed by atoms with Crippen LogP contribution in [0.2, 0.25) is 0 Å². The summed E-state index contributed by atoms with van der Waals surface area (Å²) in [5.41, 5.74) is 7.91. The summed E-state index contributed by atoms with van der Waals surface area (Å²) < 4.78 is 11.3. The van der Waals surface area contributed by atoms with Crippen LogP contribution in [0.3, 0.4) is 0 Å². The summed E-state index contributed by atoms with van der Waals surface area (Å²) in [6.07, 6.45) is 1.63. The Morgan fingerprint density at radius 2 is 1.93 bits per heavy atom. The highest BCUT2D eigenvalue weighted by Gasteiger charge is 2.09. The van der Waals surface area contributed by atoms with Gasteiger partial charge in [-0.2, -0.15) is 5.10 Å². The first kappa shape index (κ1) is 20.8. The van der Waals surface area contributed by atoms with Crippen molar-refractivity contribution in [2.24, 2.45) is 15.9 Å². The average Bonchev–Trinajstić information content (AvgIpc) is 2.67. The molecule has 0 radical (unpaired) electrons. The molecule has 0 fully saturated rings. The predicted octanol–water partition coefficient (Wildman–Crippen LogP) is 3.22. The molecule has 0 aliphatic carbocycles. The van der Waals surface area contributed by atoms with E-state index in [2.05, 4.69) is 27.2 Å². The third-order valence-corrected chi connectivity index (χ3v) is 4.45. The summed E-state index contributed by atoms with van der Waals surface area (Å²) >= 11 is 1.45. The standard InChI is InChI=1S/C20H26N4O2S/c1-24(2)12-13-26-19-17(10-7-11-18(19)25-3)14-22-23-20(21)27-15-16-8-5-4-6-9-16/h4-11,14H,12-13,15H2,1-3H3,(H2,21,23). The summed E-state index contributed by atoms with van der Waals surface area (Å²) in [7, 11) is 5.61. The van der Waals surface area contributed by atoms with Gasteiger partial charge in [0, 0.05) is 17.9 Å². The second kappa shape index (κ2) is 11.3. The van der Waals surface area contributed by atoms with Crippen molar-refractivity contribution in [3.8, 4) is 11.5 Å². The zero-order chi connectivity index (χ0) is 19.5. The Morgan fingerprint density at radius 3 is 2.63 bits per heavy atom. The number of rotatable bonds is 9. The van der Waals surface area contributed by atoms with E-state index in [1.807, 2.05) is 50.5 Å². The monoisotopic (exact) mass is 386 g/mol. The molecule has 0 unspecified atom stereocenters. The van der Waals surface area contributed by atoms with E-state index in [1.54, 1.807) is 13.3 Å². The summed E-state index contributed by atoms with van der Waals surface area (Å²) in [5, 5.41) is 8.58. The third-order valence-electron chi connectivity index (χ3n) is 3.60. The molecule has 7 heteroatoms. The first-order valence-corrected chi connectivity index (χ1v) is 9.56. The Balaban J connectivity index is 2.01. The minimum atomic E-state index is 0.410. The zero-order valence-corrected chi connectivity index (χ0v) is 16.8. The summed E-state index contributed by atoms with van der Waals surface area (Å²) in [6, 6.07) is 15.7. The van der Waals surface area contributed by atoms with Crippen molar-refractivity contribution in [3.63, 3.8) is 0 Å². The highest BCUT2D eigenvalue weighted by molar-refractivity contribution is 8.13. The van der Waals surface area contributed by atoms with Crippen molar-refractivity contribution in [2.45, 2.75) is 5.75 Å². The molecule has 0 amide bonds. The quantitative estimate of drug-likeness (QED) is 0.407. The normalized spacial score (nSPS) is 11.9. The smallest absolute Gasteiger partial charge is 0.180 e. The molecule has 2 rings (SSSR count). The van der Waals surface area contributed by atoms with Gasteiger partial charge in [0.15, 0.2) is 16.7 Å². The highest BCUT2D eigenvalue weighted by atomic mass is 32.2. The molecule has 0 aliphatic rings. The Bertz CT molecular complexity index is 764. The molecule has 0 aliphatic heterocycles. The number of hydrogen-bond acceptors (Lipinski definition) is 6. The third kappa shape index (κ3) is 7.32. The Kier molecular flexibility index (Phi) is 8.67. The van der Waals surface area contributed by atoms with E-state index in [0.717, 1.165) is 17.9 Å². The minimum absolute atomic E-state index is 0.410. The van der Waals surface area contributed by atoms with Gasteiger partial charge in [0.05, 0.1) is 13.3 Å². The molecule has 0 heterocycles. The van der Waals surface area contributed by atoms with Crippen LogP contribution in [0.25, 0.3) is 0 Å². The molecular formula is C20H26N4O2S. The number of nitrogens with zero attached hydrogens (tertiary/aromatic N) is 3. The second-order valence-electron chi connectivity index (χ2n) is 5.99. The van der Waals surface area contributed by atoms with E-state index in [0.29, 0.717) is 23.3 Å². The molecule has 27 heavy (non-hydrogen) atoms. The van der Waals surface area contributed by atoms with Crippen LogP contribution in [0.4, 0.5) is 0 Å². The second-order valence-corrected chi connectivity index (χ2v) is 6.98. The van der Waals surface area contributed by atoms with Crippen LogP contribution in [-0.2, 0) is 5.75 Å². The van der Waals surface area contributed by atoms with Crippen molar-refractivity contribution in [3.05, 3.63) is 59.7 Å². The zero-order valence-electron chi connectivity index (χ0n) is 16.0. The molecule has 0 aromatic heterocycles. The first-order chi connectivity index (χ1) is 13.1. The van der Waals surface area contributed by atoms with Gasteiger partial charge in [0.25, 0.3) is 0 Å². The van der Waals surface area contributed by atoms with E-state index in [9.17, 15) is 0 Å². The molecule has 0 atom stereocenters. The molecule has 2 aromatic rings. The SMILES string of the molecule is COc1cccc(C=NN=C(N)SCc2ccccc2)c1OCCN(C)C. The number of thioether (sulfide) groups is 1. The molecule has 2 aromatic carbocycles. The molecule has 2 N–H and O–H groups in total. The lowest BCUT2D eigenvalue weighted by Gasteiger charge is -2.15. The van der Waals surface area contributed by atoms with E-state index in [-0.39, 0.29) is 0 Å². The number of likely N-dealkylation sites (N-methyl/N-ethyl adjacent to an activating group) is 1. The maximum Gasteiger partial charge on any atom is 0.180 e. The number of para-hydroxylation sites is 1. The molecule has 0 saturated carbocycles. The van der Waals surface area contributed by atoms with Crippen LogP contribution in [0.15, 0.2) is 58.7 Å². The van der Waals surface area contributed by atoms with Gasteiger partial charge in [-0.1, -0.05) is 48.2 Å². The van der Waals surface area contributed by atoms with Crippen molar-refractivity contribution in [1.29, 1.82) is 0 Å². The fourth-order valence-electron chi connectivity index (χ4n) is 2.19. The fourth-order valence-corrected chi connectivity index (χ4v) is 2.80. The van der Waals surface area contributed by atoms with Crippen LogP contribution in [0.1, 0.15) is 11.1 Å². The van der Waals surface area contributed by atoms with Gasteiger partial charge in [0.2, 0.25) is 0 Å². The van der Waals surface area contributed by atoms with Crippen molar-refractivity contribution in [2.75, 3.05) is 34.4 Å². The summed E-state index contributed by atoms with van der Waals surface area (Å²) in [5.74, 6) is 2.06.